The lowest BCUT2D eigenvalue weighted by molar-refractivity contribution is 0.0218. The molecule has 3 fully saturated rings. The van der Waals surface area contributed by atoms with Crippen molar-refractivity contribution in [3.63, 3.8) is 0 Å². The number of hydrogen-bond acceptors (Lipinski definition) is 5. The molecule has 6 heteroatoms. The maximum Gasteiger partial charge on any atom is 0.261 e. The maximum atomic E-state index is 12.6. The Morgan fingerprint density at radius 2 is 2.17 bits per heavy atom. The largest absolute Gasteiger partial charge is 0.441 e. The number of carbonyl (C=O) groups is 1. The van der Waals surface area contributed by atoms with Gasteiger partial charge in [-0.3, -0.25) is 9.69 Å². The van der Waals surface area contributed by atoms with E-state index in [1.807, 2.05) is 19.1 Å². The molecule has 3 saturated heterocycles. The van der Waals surface area contributed by atoms with Crippen LogP contribution in [-0.4, -0.2) is 41.0 Å². The van der Waals surface area contributed by atoms with Gasteiger partial charge in [0.05, 0.1) is 16.0 Å². The van der Waals surface area contributed by atoms with Crippen molar-refractivity contribution in [2.45, 2.75) is 38.8 Å². The molecule has 122 valence electrons. The van der Waals surface area contributed by atoms with Gasteiger partial charge in [-0.05, 0) is 57.8 Å². The van der Waals surface area contributed by atoms with Crippen LogP contribution in [0.15, 0.2) is 22.7 Å². The number of aryl methyl sites for hydroxylation is 1. The molecule has 23 heavy (non-hydrogen) atoms. The first-order valence-corrected chi connectivity index (χ1v) is 9.01. The summed E-state index contributed by atoms with van der Waals surface area (Å²) in [6, 6.07) is 4.46. The standard InChI is InChI=1S/C17H21N3O2S/c1-10-9-18-17(22-10)14-4-3-13(23-14)16(21)19-15-11(2)20-7-5-12(15)6-8-20/h3-4,9,11-12,15H,5-8H2,1-2H3,(H,19,21)/t11-,15-/m0/s1. The van der Waals surface area contributed by atoms with Crippen LogP contribution >= 0.6 is 11.3 Å². The van der Waals surface area contributed by atoms with Crippen LogP contribution in [0.3, 0.4) is 0 Å². The molecule has 3 aliphatic rings. The quantitative estimate of drug-likeness (QED) is 0.939. The van der Waals surface area contributed by atoms with E-state index >= 15 is 0 Å². The van der Waals surface area contributed by atoms with Gasteiger partial charge in [0.15, 0.2) is 0 Å². The van der Waals surface area contributed by atoms with Crippen molar-refractivity contribution in [1.82, 2.24) is 15.2 Å². The highest BCUT2D eigenvalue weighted by Gasteiger charge is 2.40. The number of aromatic nitrogens is 1. The van der Waals surface area contributed by atoms with Gasteiger partial charge in [0.1, 0.15) is 5.76 Å². The van der Waals surface area contributed by atoms with Gasteiger partial charge in [0.2, 0.25) is 5.89 Å². The summed E-state index contributed by atoms with van der Waals surface area (Å²) in [5.74, 6) is 2.01. The van der Waals surface area contributed by atoms with Crippen molar-refractivity contribution in [2.24, 2.45) is 5.92 Å². The zero-order chi connectivity index (χ0) is 16.0. The number of carbonyl (C=O) groups excluding carboxylic acids is 1. The van der Waals surface area contributed by atoms with Gasteiger partial charge in [-0.25, -0.2) is 4.98 Å². The van der Waals surface area contributed by atoms with Crippen LogP contribution in [-0.2, 0) is 0 Å². The molecule has 5 rings (SSSR count). The third kappa shape index (κ3) is 2.70. The summed E-state index contributed by atoms with van der Waals surface area (Å²) >= 11 is 1.44. The molecule has 0 unspecified atom stereocenters. The van der Waals surface area contributed by atoms with Crippen molar-refractivity contribution in [3.8, 4) is 10.8 Å². The predicted octanol–water partition coefficient (Wildman–Crippen LogP) is 2.92. The molecule has 2 bridgehead atoms. The number of rotatable bonds is 3. The molecule has 1 N–H and O–H groups in total. The molecule has 2 atom stereocenters. The Bertz CT molecular complexity index is 713. The third-order valence-electron chi connectivity index (χ3n) is 5.14. The van der Waals surface area contributed by atoms with Crippen LogP contribution in [0.2, 0.25) is 0 Å². The number of nitrogens with one attached hydrogen (secondary N) is 1. The monoisotopic (exact) mass is 331 g/mol. The SMILES string of the molecule is Cc1cnc(-c2ccc(C(=O)N[C@@H]3C4CCN(CC4)[C@H]3C)s2)o1. The van der Waals surface area contributed by atoms with Gasteiger partial charge in [-0.1, -0.05) is 0 Å². The fourth-order valence-corrected chi connectivity index (χ4v) is 4.65. The minimum atomic E-state index is 0.0233. The Morgan fingerprint density at radius 3 is 2.83 bits per heavy atom. The summed E-state index contributed by atoms with van der Waals surface area (Å²) in [7, 11) is 0. The highest BCUT2D eigenvalue weighted by Crippen LogP contribution is 2.33. The van der Waals surface area contributed by atoms with Gasteiger partial charge < -0.3 is 9.73 Å². The van der Waals surface area contributed by atoms with Crippen LogP contribution in [0.1, 0.15) is 35.2 Å². The number of piperidine rings is 3. The molecule has 0 spiro atoms. The van der Waals surface area contributed by atoms with Gasteiger partial charge >= 0.3 is 0 Å². The maximum absolute atomic E-state index is 12.6. The average Bonchev–Trinajstić information content (AvgIpc) is 3.20. The molecule has 2 aromatic heterocycles. The first kappa shape index (κ1) is 14.9. The molecule has 3 aliphatic heterocycles. The van der Waals surface area contributed by atoms with E-state index in [0.29, 0.717) is 17.9 Å². The minimum Gasteiger partial charge on any atom is -0.441 e. The summed E-state index contributed by atoms with van der Waals surface area (Å²) in [6.07, 6.45) is 4.09. The number of fused-ring (bicyclic) bond motifs is 3. The van der Waals surface area contributed by atoms with Gasteiger partial charge in [-0.15, -0.1) is 11.3 Å². The van der Waals surface area contributed by atoms with E-state index in [1.54, 1.807) is 6.20 Å². The predicted molar refractivity (Wildman–Crippen MR) is 89.6 cm³/mol. The van der Waals surface area contributed by atoms with Crippen molar-refractivity contribution in [2.75, 3.05) is 13.1 Å². The molecule has 0 saturated carbocycles. The van der Waals surface area contributed by atoms with E-state index in [4.69, 9.17) is 4.42 Å². The summed E-state index contributed by atoms with van der Waals surface area (Å²) in [6.45, 7) is 6.44. The Morgan fingerprint density at radius 1 is 1.39 bits per heavy atom. The summed E-state index contributed by atoms with van der Waals surface area (Å²) in [4.78, 5) is 20.9. The molecule has 1 amide bonds. The number of amides is 1. The zero-order valence-electron chi connectivity index (χ0n) is 13.4. The second kappa shape index (κ2) is 5.76. The molecule has 5 nitrogen and oxygen atoms in total. The second-order valence-corrected chi connectivity index (χ2v) is 7.64. The Labute approximate surface area is 139 Å². The highest BCUT2D eigenvalue weighted by molar-refractivity contribution is 7.17. The summed E-state index contributed by atoms with van der Waals surface area (Å²) in [5, 5.41) is 3.27. The molecular weight excluding hydrogens is 310 g/mol. The van der Waals surface area contributed by atoms with E-state index in [1.165, 1.54) is 37.3 Å². The lowest BCUT2D eigenvalue weighted by atomic mass is 9.79. The highest BCUT2D eigenvalue weighted by atomic mass is 32.1. The Kier molecular flexibility index (Phi) is 3.73. The summed E-state index contributed by atoms with van der Waals surface area (Å²) in [5.41, 5.74) is 0. The van der Waals surface area contributed by atoms with Crippen LogP contribution in [0.4, 0.5) is 0 Å². The van der Waals surface area contributed by atoms with E-state index in [-0.39, 0.29) is 11.9 Å². The lowest BCUT2D eigenvalue weighted by Gasteiger charge is -2.49. The summed E-state index contributed by atoms with van der Waals surface area (Å²) < 4.78 is 5.53. The Balaban J connectivity index is 1.48. The number of thiophene rings is 1. The first-order valence-electron chi connectivity index (χ1n) is 8.19. The van der Waals surface area contributed by atoms with Crippen LogP contribution in [0, 0.1) is 12.8 Å². The van der Waals surface area contributed by atoms with E-state index in [2.05, 4.69) is 22.1 Å². The molecule has 5 heterocycles. The lowest BCUT2D eigenvalue weighted by Crippen LogP contribution is -2.62. The second-order valence-electron chi connectivity index (χ2n) is 6.55. The number of nitrogens with zero attached hydrogens (tertiary/aromatic N) is 2. The van der Waals surface area contributed by atoms with Crippen molar-refractivity contribution >= 4 is 17.2 Å². The molecular formula is C17H21N3O2S. The van der Waals surface area contributed by atoms with Crippen LogP contribution < -0.4 is 5.32 Å². The fraction of sp³-hybridized carbons (Fsp3) is 0.529. The number of oxazole rings is 1. The van der Waals surface area contributed by atoms with Crippen LogP contribution in [0.25, 0.3) is 10.8 Å². The normalized spacial score (nSPS) is 29.7. The van der Waals surface area contributed by atoms with Crippen molar-refractivity contribution in [1.29, 1.82) is 0 Å². The molecule has 0 aromatic carbocycles. The van der Waals surface area contributed by atoms with Gasteiger partial charge in [0.25, 0.3) is 5.91 Å². The number of hydrogen-bond donors (Lipinski definition) is 1. The smallest absolute Gasteiger partial charge is 0.261 e. The zero-order valence-corrected chi connectivity index (χ0v) is 14.2. The fourth-order valence-electron chi connectivity index (χ4n) is 3.81. The van der Waals surface area contributed by atoms with E-state index < -0.39 is 0 Å². The topological polar surface area (TPSA) is 58.4 Å². The van der Waals surface area contributed by atoms with Crippen molar-refractivity contribution < 1.29 is 9.21 Å². The van der Waals surface area contributed by atoms with E-state index in [0.717, 1.165) is 15.5 Å². The van der Waals surface area contributed by atoms with E-state index in [9.17, 15) is 4.79 Å². The Hall–Kier alpha value is -1.66. The van der Waals surface area contributed by atoms with Crippen molar-refractivity contribution in [3.05, 3.63) is 29.0 Å². The molecule has 0 radical (unpaired) electrons. The van der Waals surface area contributed by atoms with Gasteiger partial charge in [-0.2, -0.15) is 0 Å². The average molecular weight is 331 g/mol. The minimum absolute atomic E-state index is 0.0233. The first-order chi connectivity index (χ1) is 11.1. The third-order valence-corrected chi connectivity index (χ3v) is 6.21. The molecule has 2 aromatic rings. The van der Waals surface area contributed by atoms with Gasteiger partial charge in [0, 0.05) is 12.1 Å². The molecule has 0 aliphatic carbocycles. The van der Waals surface area contributed by atoms with Crippen LogP contribution in [0.5, 0.6) is 0 Å².